The minimum Gasteiger partial charge on any atom is -0.355 e. The molecule has 7 heteroatoms. The molecule has 0 bridgehead atoms. The first-order chi connectivity index (χ1) is 12.9. The van der Waals surface area contributed by atoms with E-state index in [0.29, 0.717) is 37.3 Å². The number of halogens is 2. The monoisotopic (exact) mass is 371 g/mol. The number of carbonyl (C=O) groups is 2. The summed E-state index contributed by atoms with van der Waals surface area (Å²) in [5.41, 5.74) is 0.855. The molecule has 140 valence electrons. The largest absolute Gasteiger partial charge is 0.355 e. The highest BCUT2D eigenvalue weighted by molar-refractivity contribution is 5.90. The summed E-state index contributed by atoms with van der Waals surface area (Å²) >= 11 is 0. The standard InChI is InChI=1S/C20H19F2N3O2/c21-14-3-1-2-13(8-14)16-5-4-15(9-17(16)22)24-19(27)25-7-6-20(12-25)10-18(26)23-11-20/h1-5,8-9H,6-7,10-12H2,(H,23,26)(H,24,27). The number of hydrogen-bond acceptors (Lipinski definition) is 2. The van der Waals surface area contributed by atoms with Crippen LogP contribution in [0, 0.1) is 17.0 Å². The molecule has 2 fully saturated rings. The predicted molar refractivity (Wildman–Crippen MR) is 97.1 cm³/mol. The van der Waals surface area contributed by atoms with Gasteiger partial charge in [0.05, 0.1) is 0 Å². The quantitative estimate of drug-likeness (QED) is 0.850. The molecular formula is C20H19F2N3O2. The molecule has 2 heterocycles. The summed E-state index contributed by atoms with van der Waals surface area (Å²) in [6, 6.07) is 9.72. The molecular weight excluding hydrogens is 352 g/mol. The van der Waals surface area contributed by atoms with Crippen LogP contribution in [0.1, 0.15) is 12.8 Å². The van der Waals surface area contributed by atoms with Crippen LogP contribution in [-0.4, -0.2) is 36.5 Å². The molecule has 1 spiro atoms. The average Bonchev–Trinajstić information content (AvgIpc) is 3.21. The SMILES string of the molecule is O=C1CC2(CCN(C(=O)Nc3ccc(-c4cccc(F)c4)c(F)c3)C2)CN1. The number of nitrogens with zero attached hydrogens (tertiary/aromatic N) is 1. The zero-order chi connectivity index (χ0) is 19.0. The van der Waals surface area contributed by atoms with Gasteiger partial charge < -0.3 is 15.5 Å². The van der Waals surface area contributed by atoms with Crippen molar-refractivity contribution in [2.45, 2.75) is 12.8 Å². The van der Waals surface area contributed by atoms with E-state index in [-0.39, 0.29) is 22.9 Å². The molecule has 2 saturated heterocycles. The lowest BCUT2D eigenvalue weighted by molar-refractivity contribution is -0.119. The third-order valence-electron chi connectivity index (χ3n) is 5.28. The lowest BCUT2D eigenvalue weighted by Crippen LogP contribution is -2.36. The van der Waals surface area contributed by atoms with Crippen molar-refractivity contribution in [3.8, 4) is 11.1 Å². The molecule has 2 aromatic rings. The fourth-order valence-corrected chi connectivity index (χ4v) is 3.83. The van der Waals surface area contributed by atoms with Crippen molar-refractivity contribution in [2.75, 3.05) is 25.0 Å². The highest BCUT2D eigenvalue weighted by atomic mass is 19.1. The van der Waals surface area contributed by atoms with Crippen LogP contribution in [0.4, 0.5) is 19.3 Å². The Balaban J connectivity index is 1.45. The van der Waals surface area contributed by atoms with Gasteiger partial charge in [-0.1, -0.05) is 12.1 Å². The molecule has 4 rings (SSSR count). The molecule has 2 N–H and O–H groups in total. The number of amides is 3. The van der Waals surface area contributed by atoms with E-state index >= 15 is 0 Å². The van der Waals surface area contributed by atoms with E-state index in [2.05, 4.69) is 10.6 Å². The number of carbonyl (C=O) groups excluding carboxylic acids is 2. The van der Waals surface area contributed by atoms with Crippen molar-refractivity contribution < 1.29 is 18.4 Å². The molecule has 2 aliphatic rings. The maximum atomic E-state index is 14.4. The second-order valence-corrected chi connectivity index (χ2v) is 7.26. The Bertz CT molecular complexity index is 918. The fraction of sp³-hybridized carbons (Fsp3) is 0.300. The van der Waals surface area contributed by atoms with E-state index in [1.807, 2.05) is 0 Å². The molecule has 0 aromatic heterocycles. The van der Waals surface area contributed by atoms with Crippen LogP contribution < -0.4 is 10.6 Å². The van der Waals surface area contributed by atoms with Crippen LogP contribution >= 0.6 is 0 Å². The first-order valence-electron chi connectivity index (χ1n) is 8.82. The molecule has 0 saturated carbocycles. The van der Waals surface area contributed by atoms with Crippen molar-refractivity contribution in [1.29, 1.82) is 0 Å². The van der Waals surface area contributed by atoms with E-state index in [1.54, 1.807) is 17.0 Å². The maximum absolute atomic E-state index is 14.4. The molecule has 3 amide bonds. The lowest BCUT2D eigenvalue weighted by Gasteiger charge is -2.22. The maximum Gasteiger partial charge on any atom is 0.321 e. The number of likely N-dealkylation sites (tertiary alicyclic amines) is 1. The van der Waals surface area contributed by atoms with Gasteiger partial charge >= 0.3 is 6.03 Å². The Morgan fingerprint density at radius 2 is 2.04 bits per heavy atom. The molecule has 2 aliphatic heterocycles. The first kappa shape index (κ1) is 17.5. The molecule has 0 radical (unpaired) electrons. The van der Waals surface area contributed by atoms with E-state index < -0.39 is 11.6 Å². The summed E-state index contributed by atoms with van der Waals surface area (Å²) in [5.74, 6) is -0.957. The number of rotatable bonds is 2. The van der Waals surface area contributed by atoms with Gasteiger partial charge in [0, 0.05) is 42.7 Å². The summed E-state index contributed by atoms with van der Waals surface area (Å²) in [7, 11) is 0. The summed E-state index contributed by atoms with van der Waals surface area (Å²) in [4.78, 5) is 25.6. The second-order valence-electron chi connectivity index (χ2n) is 7.26. The van der Waals surface area contributed by atoms with E-state index in [9.17, 15) is 18.4 Å². The van der Waals surface area contributed by atoms with Crippen molar-refractivity contribution in [3.05, 3.63) is 54.1 Å². The molecule has 1 atom stereocenters. The molecule has 5 nitrogen and oxygen atoms in total. The Hall–Kier alpha value is -2.96. The summed E-state index contributed by atoms with van der Waals surface area (Å²) in [6.45, 7) is 1.65. The van der Waals surface area contributed by atoms with Crippen LogP contribution in [0.3, 0.4) is 0 Å². The van der Waals surface area contributed by atoms with Gasteiger partial charge in [0.1, 0.15) is 11.6 Å². The lowest BCUT2D eigenvalue weighted by atomic mass is 9.86. The van der Waals surface area contributed by atoms with Gasteiger partial charge in [-0.2, -0.15) is 0 Å². The van der Waals surface area contributed by atoms with Crippen molar-refractivity contribution in [1.82, 2.24) is 10.2 Å². The van der Waals surface area contributed by atoms with Crippen LogP contribution in [-0.2, 0) is 4.79 Å². The number of hydrogen-bond donors (Lipinski definition) is 2. The Morgan fingerprint density at radius 1 is 1.19 bits per heavy atom. The van der Waals surface area contributed by atoms with Gasteiger partial charge in [0.2, 0.25) is 5.91 Å². The average molecular weight is 371 g/mol. The Morgan fingerprint density at radius 3 is 2.74 bits per heavy atom. The van der Waals surface area contributed by atoms with Gasteiger partial charge in [0.15, 0.2) is 0 Å². The normalized spacial score (nSPS) is 21.6. The number of urea groups is 1. The van der Waals surface area contributed by atoms with Gasteiger partial charge in [-0.25, -0.2) is 13.6 Å². The van der Waals surface area contributed by atoms with E-state index in [1.165, 1.54) is 30.3 Å². The van der Waals surface area contributed by atoms with E-state index in [0.717, 1.165) is 6.42 Å². The van der Waals surface area contributed by atoms with Crippen molar-refractivity contribution >= 4 is 17.6 Å². The topological polar surface area (TPSA) is 61.4 Å². The van der Waals surface area contributed by atoms with Gasteiger partial charge in [-0.05, 0) is 42.3 Å². The minimum atomic E-state index is -0.540. The third kappa shape index (κ3) is 3.49. The van der Waals surface area contributed by atoms with Crippen molar-refractivity contribution in [3.63, 3.8) is 0 Å². The van der Waals surface area contributed by atoms with Gasteiger partial charge in [-0.15, -0.1) is 0 Å². The highest BCUT2D eigenvalue weighted by Gasteiger charge is 2.45. The smallest absolute Gasteiger partial charge is 0.321 e. The number of nitrogens with one attached hydrogen (secondary N) is 2. The molecule has 1 unspecified atom stereocenters. The highest BCUT2D eigenvalue weighted by Crippen LogP contribution is 2.36. The first-order valence-corrected chi connectivity index (χ1v) is 8.82. The second kappa shape index (κ2) is 6.64. The molecule has 0 aliphatic carbocycles. The Kier molecular flexibility index (Phi) is 4.30. The number of anilines is 1. The third-order valence-corrected chi connectivity index (χ3v) is 5.28. The van der Waals surface area contributed by atoms with Crippen LogP contribution in [0.15, 0.2) is 42.5 Å². The summed E-state index contributed by atoms with van der Waals surface area (Å²) < 4.78 is 27.8. The van der Waals surface area contributed by atoms with Gasteiger partial charge in [0.25, 0.3) is 0 Å². The zero-order valence-corrected chi connectivity index (χ0v) is 14.6. The molecule has 27 heavy (non-hydrogen) atoms. The van der Waals surface area contributed by atoms with Crippen LogP contribution in [0.2, 0.25) is 0 Å². The zero-order valence-electron chi connectivity index (χ0n) is 14.6. The van der Waals surface area contributed by atoms with Gasteiger partial charge in [-0.3, -0.25) is 4.79 Å². The molecule has 2 aromatic carbocycles. The predicted octanol–water partition coefficient (Wildman–Crippen LogP) is 3.38. The minimum absolute atomic E-state index is 0.0206. The summed E-state index contributed by atoms with van der Waals surface area (Å²) in [5, 5.41) is 5.52. The number of benzene rings is 2. The summed E-state index contributed by atoms with van der Waals surface area (Å²) in [6.07, 6.45) is 1.21. The fourth-order valence-electron chi connectivity index (χ4n) is 3.83. The van der Waals surface area contributed by atoms with Crippen LogP contribution in [0.25, 0.3) is 11.1 Å². The van der Waals surface area contributed by atoms with E-state index in [4.69, 9.17) is 0 Å². The van der Waals surface area contributed by atoms with Crippen LogP contribution in [0.5, 0.6) is 0 Å². The Labute approximate surface area is 155 Å². The van der Waals surface area contributed by atoms with Crippen molar-refractivity contribution in [2.24, 2.45) is 5.41 Å².